The molecule has 0 saturated carbocycles. The van der Waals surface area contributed by atoms with Crippen LogP contribution in [0, 0.1) is 0 Å². The monoisotopic (exact) mass is 326 g/mol. The summed E-state index contributed by atoms with van der Waals surface area (Å²) in [7, 11) is 0. The summed E-state index contributed by atoms with van der Waals surface area (Å²) in [4.78, 5) is 14.3. The zero-order valence-electron chi connectivity index (χ0n) is 9.14. The molecule has 0 radical (unpaired) electrons. The Bertz CT molecular complexity index is 624. The molecule has 2 aromatic heterocycles. The van der Waals surface area contributed by atoms with E-state index in [1.165, 1.54) is 0 Å². The topological polar surface area (TPSA) is 91.1 Å². The summed E-state index contributed by atoms with van der Waals surface area (Å²) in [6, 6.07) is 0. The van der Waals surface area contributed by atoms with Gasteiger partial charge in [0.05, 0.1) is 0 Å². The number of carbonyl (C=O) groups is 1. The molecule has 0 aliphatic heterocycles. The summed E-state index contributed by atoms with van der Waals surface area (Å²) < 4.78 is 1.93. The van der Waals surface area contributed by atoms with Crippen LogP contribution in [0.3, 0.4) is 0 Å². The Morgan fingerprint density at radius 3 is 3.17 bits per heavy atom. The number of hydrogen-bond acceptors (Lipinski definition) is 5. The van der Waals surface area contributed by atoms with Gasteiger partial charge in [0.15, 0.2) is 0 Å². The van der Waals surface area contributed by atoms with Crippen LogP contribution in [0.5, 0.6) is 0 Å². The zero-order chi connectivity index (χ0) is 13.1. The fourth-order valence-electron chi connectivity index (χ4n) is 1.50. The summed E-state index contributed by atoms with van der Waals surface area (Å²) in [6.45, 7) is 0.195. The van der Waals surface area contributed by atoms with Gasteiger partial charge in [-0.15, -0.1) is 11.3 Å². The van der Waals surface area contributed by atoms with Gasteiger partial charge in [-0.25, -0.2) is 4.98 Å². The molecule has 1 amide bonds. The largest absolute Gasteiger partial charge is 0.530 e. The van der Waals surface area contributed by atoms with Crippen LogP contribution in [0.25, 0.3) is 16.2 Å². The van der Waals surface area contributed by atoms with Gasteiger partial charge in [0.25, 0.3) is 0 Å². The number of nitrogen functional groups attached to an aromatic ring is 1. The molecule has 0 atom stereocenters. The minimum Gasteiger partial charge on any atom is -0.530 e. The van der Waals surface area contributed by atoms with Crippen LogP contribution in [0.1, 0.15) is 5.56 Å². The second-order valence-electron chi connectivity index (χ2n) is 3.46. The van der Waals surface area contributed by atoms with Gasteiger partial charge in [-0.05, 0) is 15.9 Å². The molecule has 3 N–H and O–H groups in total. The molecule has 94 valence electrons. The number of carboxylic acid groups (broad SMARTS) is 1. The normalized spacial score (nSPS) is 11.2. The van der Waals surface area contributed by atoms with Crippen molar-refractivity contribution in [3.8, 4) is 0 Å². The maximum absolute atomic E-state index is 10.2. The number of amides is 1. The number of pyridine rings is 1. The van der Waals surface area contributed by atoms with Gasteiger partial charge in [-0.1, -0.05) is 12.2 Å². The molecule has 0 unspecified atom stereocenters. The molecule has 0 aliphatic rings. The van der Waals surface area contributed by atoms with Crippen LogP contribution >= 0.6 is 27.3 Å². The minimum absolute atomic E-state index is 0.195. The van der Waals surface area contributed by atoms with Crippen LogP contribution in [0.2, 0.25) is 0 Å². The molecule has 2 rings (SSSR count). The summed E-state index contributed by atoms with van der Waals surface area (Å²) in [6.07, 6.45) is 3.86. The highest BCUT2D eigenvalue weighted by Crippen LogP contribution is 2.35. The number of aromatic nitrogens is 1. The van der Waals surface area contributed by atoms with Crippen LogP contribution in [0.15, 0.2) is 22.1 Å². The van der Waals surface area contributed by atoms with E-state index in [0.29, 0.717) is 5.82 Å². The van der Waals surface area contributed by atoms with Crippen LogP contribution < -0.4 is 16.2 Å². The quantitative estimate of drug-likeness (QED) is 0.895. The fourth-order valence-corrected chi connectivity index (χ4v) is 3.24. The minimum atomic E-state index is -1.29. The Balaban J connectivity index is 2.29. The first-order chi connectivity index (χ1) is 8.59. The van der Waals surface area contributed by atoms with Crippen molar-refractivity contribution in [1.29, 1.82) is 0 Å². The lowest BCUT2D eigenvalue weighted by Gasteiger charge is -2.02. The lowest BCUT2D eigenvalue weighted by Crippen LogP contribution is -2.36. The van der Waals surface area contributed by atoms with E-state index in [0.717, 1.165) is 20.1 Å². The van der Waals surface area contributed by atoms with Gasteiger partial charge in [0, 0.05) is 38.2 Å². The Morgan fingerprint density at radius 1 is 1.67 bits per heavy atom. The molecule has 5 nitrogen and oxygen atoms in total. The van der Waals surface area contributed by atoms with E-state index in [9.17, 15) is 9.90 Å². The number of carbonyl (C=O) groups excluding carboxylic acids is 1. The molecule has 0 saturated heterocycles. The van der Waals surface area contributed by atoms with Crippen molar-refractivity contribution in [2.45, 2.75) is 0 Å². The predicted octanol–water partition coefficient (Wildman–Crippen LogP) is 1.59. The van der Waals surface area contributed by atoms with Gasteiger partial charge >= 0.3 is 0 Å². The molecule has 7 heteroatoms. The molecule has 18 heavy (non-hydrogen) atoms. The van der Waals surface area contributed by atoms with E-state index in [-0.39, 0.29) is 6.54 Å². The third kappa shape index (κ3) is 2.62. The van der Waals surface area contributed by atoms with E-state index in [2.05, 4.69) is 26.2 Å². The first kappa shape index (κ1) is 12.8. The van der Waals surface area contributed by atoms with Gasteiger partial charge < -0.3 is 21.0 Å². The maximum Gasteiger partial charge on any atom is 0.134 e. The highest BCUT2D eigenvalue weighted by Gasteiger charge is 2.09. The van der Waals surface area contributed by atoms with E-state index >= 15 is 0 Å². The Hall–Kier alpha value is -1.60. The molecule has 0 aliphatic carbocycles. The lowest BCUT2D eigenvalue weighted by molar-refractivity contribution is -0.250. The molecule has 2 aromatic rings. The van der Waals surface area contributed by atoms with Crippen molar-refractivity contribution in [1.82, 2.24) is 10.3 Å². The van der Waals surface area contributed by atoms with Gasteiger partial charge in [-0.2, -0.15) is 0 Å². The van der Waals surface area contributed by atoms with Crippen molar-refractivity contribution in [2.24, 2.45) is 0 Å². The number of fused-ring (bicyclic) bond motifs is 1. The van der Waals surface area contributed by atoms with E-state index < -0.39 is 6.09 Å². The summed E-state index contributed by atoms with van der Waals surface area (Å²) in [5, 5.41) is 15.2. The number of thiophene rings is 1. The van der Waals surface area contributed by atoms with Crippen LogP contribution in [-0.4, -0.2) is 17.6 Å². The van der Waals surface area contributed by atoms with E-state index in [1.54, 1.807) is 29.7 Å². The number of anilines is 1. The second kappa shape index (κ2) is 5.36. The molecule has 0 spiro atoms. The average molecular weight is 327 g/mol. The maximum atomic E-state index is 10.2. The predicted molar refractivity (Wildman–Crippen MR) is 74.2 cm³/mol. The van der Waals surface area contributed by atoms with Gasteiger partial charge in [0.1, 0.15) is 11.9 Å². The number of nitrogens with one attached hydrogen (secondary N) is 1. The molecule has 2 heterocycles. The number of hydrogen-bond donors (Lipinski definition) is 2. The smallest absolute Gasteiger partial charge is 0.134 e. The summed E-state index contributed by atoms with van der Waals surface area (Å²) in [5.74, 6) is 0.475. The number of rotatable bonds is 3. The van der Waals surface area contributed by atoms with Crippen LogP contribution in [-0.2, 0) is 0 Å². The van der Waals surface area contributed by atoms with Crippen molar-refractivity contribution in [3.05, 3.63) is 27.7 Å². The molecule has 0 bridgehead atoms. The first-order valence-corrected chi connectivity index (χ1v) is 6.69. The first-order valence-electron chi connectivity index (χ1n) is 5.02. The highest BCUT2D eigenvalue weighted by molar-refractivity contribution is 9.10. The third-order valence-corrected chi connectivity index (χ3v) is 4.23. The molecular weight excluding hydrogens is 318 g/mol. The van der Waals surface area contributed by atoms with Crippen molar-refractivity contribution in [2.75, 3.05) is 12.3 Å². The van der Waals surface area contributed by atoms with Gasteiger partial charge in [-0.3, -0.25) is 0 Å². The van der Waals surface area contributed by atoms with Gasteiger partial charge in [0.2, 0.25) is 0 Å². The van der Waals surface area contributed by atoms with Crippen molar-refractivity contribution >= 4 is 55.3 Å². The summed E-state index contributed by atoms with van der Waals surface area (Å²) in [5.41, 5.74) is 6.71. The van der Waals surface area contributed by atoms with E-state index in [4.69, 9.17) is 5.73 Å². The SMILES string of the molecule is Nc1ncc(/C=C/CNC(=O)[O-])c2scc(Br)c12. The Morgan fingerprint density at radius 2 is 2.44 bits per heavy atom. The van der Waals surface area contributed by atoms with Crippen molar-refractivity contribution < 1.29 is 9.90 Å². The Kier molecular flexibility index (Phi) is 3.83. The zero-order valence-corrected chi connectivity index (χ0v) is 11.5. The average Bonchev–Trinajstić information content (AvgIpc) is 2.70. The molecule has 0 fully saturated rings. The standard InChI is InChI=1S/C11H10BrN3O2S/c12-7-5-18-9-6(2-1-3-14-11(16)17)4-15-10(13)8(7)9/h1-2,4-5,14H,3H2,(H2,13,15)(H,16,17)/p-1/b2-1+. The molecule has 0 aromatic carbocycles. The molecular formula is C11H9BrN3O2S-. The highest BCUT2D eigenvalue weighted by atomic mass is 79.9. The number of nitrogens with two attached hydrogens (primary N) is 1. The fraction of sp³-hybridized carbons (Fsp3) is 0.0909. The van der Waals surface area contributed by atoms with Crippen LogP contribution in [0.4, 0.5) is 10.6 Å². The Labute approximate surface area is 115 Å². The van der Waals surface area contributed by atoms with E-state index in [1.807, 2.05) is 5.38 Å². The number of nitrogens with zero attached hydrogens (tertiary/aromatic N) is 1. The third-order valence-electron chi connectivity index (χ3n) is 2.27. The van der Waals surface area contributed by atoms with Crippen molar-refractivity contribution in [3.63, 3.8) is 0 Å². The number of halogens is 1. The summed E-state index contributed by atoms with van der Waals surface area (Å²) >= 11 is 4.97. The lowest BCUT2D eigenvalue weighted by atomic mass is 10.2. The second-order valence-corrected chi connectivity index (χ2v) is 5.19.